The zero-order chi connectivity index (χ0) is 14.1. The van der Waals surface area contributed by atoms with E-state index in [0.29, 0.717) is 0 Å². The van der Waals surface area contributed by atoms with E-state index in [1.165, 1.54) is 22.6 Å². The molecule has 1 aliphatic heterocycles. The van der Waals surface area contributed by atoms with Gasteiger partial charge in [-0.2, -0.15) is 4.31 Å². The van der Waals surface area contributed by atoms with Crippen molar-refractivity contribution in [1.29, 1.82) is 0 Å². The van der Waals surface area contributed by atoms with Gasteiger partial charge in [-0.1, -0.05) is 0 Å². The van der Waals surface area contributed by atoms with Crippen LogP contribution in [0.2, 0.25) is 0 Å². The average molecular weight is 305 g/mol. The van der Waals surface area contributed by atoms with Crippen LogP contribution < -0.4 is 5.73 Å². The number of hydrogen-bond donors (Lipinski definition) is 1. The molecular weight excluding hydrogens is 290 g/mol. The number of nitrogens with zero attached hydrogens (tertiary/aromatic N) is 2. The molecule has 7 nitrogen and oxygen atoms in total. The first-order chi connectivity index (χ1) is 8.87. The molecule has 0 unspecified atom stereocenters. The lowest BCUT2D eigenvalue weighted by Gasteiger charge is -2.26. The third-order valence-corrected chi connectivity index (χ3v) is 6.54. The van der Waals surface area contributed by atoms with Gasteiger partial charge in [0.05, 0.1) is 17.2 Å². The van der Waals surface area contributed by atoms with Crippen molar-refractivity contribution < 1.29 is 16.8 Å². The van der Waals surface area contributed by atoms with E-state index in [-0.39, 0.29) is 41.7 Å². The Hall–Kier alpha value is -1.03. The van der Waals surface area contributed by atoms with Crippen LogP contribution in [0.15, 0.2) is 23.2 Å². The topological polar surface area (TPSA) is 110 Å². The van der Waals surface area contributed by atoms with Crippen LogP contribution in [-0.4, -0.2) is 50.7 Å². The summed E-state index contributed by atoms with van der Waals surface area (Å²) in [5.74, 6) is -0.297. The molecule has 106 valence electrons. The monoisotopic (exact) mass is 305 g/mol. The second-order valence-electron chi connectivity index (χ2n) is 4.21. The van der Waals surface area contributed by atoms with E-state index in [2.05, 4.69) is 4.98 Å². The van der Waals surface area contributed by atoms with Gasteiger partial charge in [0.15, 0.2) is 9.84 Å². The van der Waals surface area contributed by atoms with Gasteiger partial charge in [0.2, 0.25) is 10.0 Å². The molecule has 19 heavy (non-hydrogen) atoms. The highest BCUT2D eigenvalue weighted by atomic mass is 32.2. The normalized spacial score (nSPS) is 20.3. The Morgan fingerprint density at radius 1 is 1.32 bits per heavy atom. The lowest BCUT2D eigenvalue weighted by atomic mass is 10.3. The van der Waals surface area contributed by atoms with E-state index in [1.807, 2.05) is 0 Å². The minimum atomic E-state index is -3.73. The van der Waals surface area contributed by atoms with Crippen molar-refractivity contribution in [3.05, 3.63) is 24.0 Å². The Morgan fingerprint density at radius 2 is 1.95 bits per heavy atom. The summed E-state index contributed by atoms with van der Waals surface area (Å²) in [6.07, 6.45) is 1.47. The summed E-state index contributed by atoms with van der Waals surface area (Å²) in [5, 5.41) is 0. The van der Waals surface area contributed by atoms with Gasteiger partial charge in [-0.05, 0) is 12.1 Å². The van der Waals surface area contributed by atoms with Gasteiger partial charge in [-0.15, -0.1) is 0 Å². The van der Waals surface area contributed by atoms with Crippen molar-refractivity contribution in [1.82, 2.24) is 9.29 Å². The van der Waals surface area contributed by atoms with Gasteiger partial charge >= 0.3 is 0 Å². The van der Waals surface area contributed by atoms with Crippen molar-refractivity contribution in [2.45, 2.75) is 11.4 Å². The Kier molecular flexibility index (Phi) is 3.90. The molecule has 0 atom stereocenters. The standard InChI is InChI=1S/C10H15N3O4S2/c11-8-9-10(2-1-3-12-9)19(16,17)13-4-6-18(14,15)7-5-13/h1-3H,4-8,11H2. The molecule has 2 N–H and O–H groups in total. The quantitative estimate of drug-likeness (QED) is 0.763. The lowest BCUT2D eigenvalue weighted by Crippen LogP contribution is -2.44. The molecule has 9 heteroatoms. The van der Waals surface area contributed by atoms with Crippen LogP contribution in [0.1, 0.15) is 5.69 Å². The van der Waals surface area contributed by atoms with Crippen molar-refractivity contribution in [2.24, 2.45) is 5.73 Å². The first kappa shape index (κ1) is 14.4. The zero-order valence-electron chi connectivity index (χ0n) is 10.2. The fourth-order valence-electron chi connectivity index (χ4n) is 1.89. The number of rotatable bonds is 3. The van der Waals surface area contributed by atoms with Crippen LogP contribution in [0.4, 0.5) is 0 Å². The predicted molar refractivity (Wildman–Crippen MR) is 69.5 cm³/mol. The van der Waals surface area contributed by atoms with Crippen LogP contribution in [0.25, 0.3) is 0 Å². The maximum atomic E-state index is 12.4. The van der Waals surface area contributed by atoms with Crippen molar-refractivity contribution in [3.8, 4) is 0 Å². The van der Waals surface area contributed by atoms with Gasteiger partial charge in [0.1, 0.15) is 4.90 Å². The van der Waals surface area contributed by atoms with Crippen LogP contribution in [-0.2, 0) is 26.4 Å². The van der Waals surface area contributed by atoms with Crippen LogP contribution in [0, 0.1) is 0 Å². The van der Waals surface area contributed by atoms with Gasteiger partial charge in [0, 0.05) is 25.8 Å². The second-order valence-corrected chi connectivity index (χ2v) is 8.42. The predicted octanol–water partition coefficient (Wildman–Crippen LogP) is -1.04. The summed E-state index contributed by atoms with van der Waals surface area (Å²) < 4.78 is 48.7. The highest BCUT2D eigenvalue weighted by Crippen LogP contribution is 2.20. The Morgan fingerprint density at radius 3 is 2.53 bits per heavy atom. The molecule has 0 aromatic carbocycles. The van der Waals surface area contributed by atoms with Gasteiger partial charge in [-0.3, -0.25) is 4.98 Å². The summed E-state index contributed by atoms with van der Waals surface area (Å²) in [4.78, 5) is 3.99. The molecule has 1 aromatic heterocycles. The Bertz CT molecular complexity index is 656. The number of nitrogens with two attached hydrogens (primary N) is 1. The maximum absolute atomic E-state index is 12.4. The molecule has 0 amide bonds. The molecule has 0 saturated carbocycles. The SMILES string of the molecule is NCc1ncccc1S(=O)(=O)N1CCS(=O)(=O)CC1. The summed E-state index contributed by atoms with van der Waals surface area (Å²) >= 11 is 0. The first-order valence-electron chi connectivity index (χ1n) is 5.71. The fourth-order valence-corrected chi connectivity index (χ4v) is 4.94. The number of pyridine rings is 1. The van der Waals surface area contributed by atoms with E-state index >= 15 is 0 Å². The van der Waals surface area contributed by atoms with Gasteiger partial charge in [-0.25, -0.2) is 16.8 Å². The molecule has 0 aliphatic carbocycles. The summed E-state index contributed by atoms with van der Waals surface area (Å²) in [5.41, 5.74) is 5.77. The lowest BCUT2D eigenvalue weighted by molar-refractivity contribution is 0.430. The molecular formula is C10H15N3O4S2. The molecule has 2 rings (SSSR count). The smallest absolute Gasteiger partial charge is 0.244 e. The highest BCUT2D eigenvalue weighted by Gasteiger charge is 2.32. The Balaban J connectivity index is 2.33. The molecule has 1 saturated heterocycles. The van der Waals surface area contributed by atoms with E-state index in [0.717, 1.165) is 0 Å². The first-order valence-corrected chi connectivity index (χ1v) is 8.97. The summed E-state index contributed by atoms with van der Waals surface area (Å²) in [7, 11) is -6.85. The average Bonchev–Trinajstić information content (AvgIpc) is 2.38. The molecule has 1 aromatic rings. The number of aromatic nitrogens is 1. The van der Waals surface area contributed by atoms with Crippen LogP contribution in [0.3, 0.4) is 0 Å². The van der Waals surface area contributed by atoms with Gasteiger partial charge in [0.25, 0.3) is 0 Å². The van der Waals surface area contributed by atoms with E-state index in [4.69, 9.17) is 5.73 Å². The number of sulfonamides is 1. The zero-order valence-corrected chi connectivity index (χ0v) is 11.8. The van der Waals surface area contributed by atoms with Crippen LogP contribution in [0.5, 0.6) is 0 Å². The Labute approximate surface area is 112 Å². The summed E-state index contributed by atoms with van der Waals surface area (Å²) in [6.45, 7) is -0.0330. The van der Waals surface area contributed by atoms with E-state index < -0.39 is 19.9 Å². The van der Waals surface area contributed by atoms with E-state index in [1.54, 1.807) is 0 Å². The molecule has 0 spiro atoms. The fraction of sp³-hybridized carbons (Fsp3) is 0.500. The molecule has 0 bridgehead atoms. The number of hydrogen-bond acceptors (Lipinski definition) is 6. The minimum Gasteiger partial charge on any atom is -0.325 e. The molecule has 1 fully saturated rings. The highest BCUT2D eigenvalue weighted by molar-refractivity contribution is 7.92. The van der Waals surface area contributed by atoms with Crippen LogP contribution >= 0.6 is 0 Å². The van der Waals surface area contributed by atoms with Crippen molar-refractivity contribution >= 4 is 19.9 Å². The molecule has 2 heterocycles. The summed E-state index contributed by atoms with van der Waals surface area (Å²) in [6, 6.07) is 2.96. The van der Waals surface area contributed by atoms with Gasteiger partial charge < -0.3 is 5.73 Å². The van der Waals surface area contributed by atoms with Crippen molar-refractivity contribution in [3.63, 3.8) is 0 Å². The largest absolute Gasteiger partial charge is 0.325 e. The molecule has 0 radical (unpaired) electrons. The second kappa shape index (κ2) is 5.16. The molecule has 1 aliphatic rings. The minimum absolute atomic E-state index is 0.0154. The third kappa shape index (κ3) is 2.94. The van der Waals surface area contributed by atoms with E-state index in [9.17, 15) is 16.8 Å². The number of sulfone groups is 1. The van der Waals surface area contributed by atoms with Crippen molar-refractivity contribution in [2.75, 3.05) is 24.6 Å². The third-order valence-electron chi connectivity index (χ3n) is 2.96. The maximum Gasteiger partial charge on any atom is 0.244 e.